The zero-order valence-corrected chi connectivity index (χ0v) is 9.15. The first-order chi connectivity index (χ1) is 7.66. The van der Waals surface area contributed by atoms with E-state index in [1.165, 1.54) is 0 Å². The van der Waals surface area contributed by atoms with E-state index in [9.17, 15) is 0 Å². The van der Waals surface area contributed by atoms with Crippen LogP contribution in [0.3, 0.4) is 0 Å². The number of hydrogen-bond donors (Lipinski definition) is 3. The molecule has 0 atom stereocenters. The van der Waals surface area contributed by atoms with Crippen molar-refractivity contribution >= 4 is 23.1 Å². The van der Waals surface area contributed by atoms with Crippen LogP contribution in [0.5, 0.6) is 0 Å². The molecule has 4 N–H and O–H groups in total. The van der Waals surface area contributed by atoms with E-state index >= 15 is 0 Å². The third kappa shape index (κ3) is 2.16. The molecule has 0 bridgehead atoms. The van der Waals surface area contributed by atoms with Gasteiger partial charge in [0.15, 0.2) is 11.6 Å². The summed E-state index contributed by atoms with van der Waals surface area (Å²) in [5, 5.41) is 16.4. The Balaban J connectivity index is 2.15. The zero-order chi connectivity index (χ0) is 11.5. The van der Waals surface area contributed by atoms with E-state index < -0.39 is 0 Å². The summed E-state index contributed by atoms with van der Waals surface area (Å²) in [4.78, 5) is 7.88. The standard InChI is InChI=1S/C7H9ClN8/c1-3-5(9)6(12-7(8)11-3)10-2-4-13-15-16-14-4/h2,9H2,1H3,(H,10,11,12)(H,13,14,15,16). The molecule has 0 aromatic carbocycles. The SMILES string of the molecule is Cc1nc(Cl)nc(NCc2nn[nH]n2)c1N. The Morgan fingerprint density at radius 3 is 2.94 bits per heavy atom. The minimum atomic E-state index is 0.141. The second-order valence-corrected chi connectivity index (χ2v) is 3.36. The number of hydrogen-bond acceptors (Lipinski definition) is 7. The van der Waals surface area contributed by atoms with Crippen LogP contribution in [0.2, 0.25) is 5.28 Å². The summed E-state index contributed by atoms with van der Waals surface area (Å²) in [6.07, 6.45) is 0. The van der Waals surface area contributed by atoms with Crippen molar-refractivity contribution in [3.63, 3.8) is 0 Å². The molecule has 0 fully saturated rings. The second kappa shape index (κ2) is 4.27. The van der Waals surface area contributed by atoms with Crippen LogP contribution < -0.4 is 11.1 Å². The van der Waals surface area contributed by atoms with Crippen molar-refractivity contribution in [1.29, 1.82) is 0 Å². The Morgan fingerprint density at radius 1 is 1.44 bits per heavy atom. The fourth-order valence-corrected chi connectivity index (χ4v) is 1.31. The van der Waals surface area contributed by atoms with E-state index in [0.717, 1.165) is 0 Å². The maximum absolute atomic E-state index is 5.78. The summed E-state index contributed by atoms with van der Waals surface area (Å²) in [6, 6.07) is 0. The molecule has 2 heterocycles. The summed E-state index contributed by atoms with van der Waals surface area (Å²) >= 11 is 5.72. The maximum Gasteiger partial charge on any atom is 0.224 e. The molecule has 2 aromatic heterocycles. The normalized spacial score (nSPS) is 10.4. The molecule has 16 heavy (non-hydrogen) atoms. The van der Waals surface area contributed by atoms with Crippen LogP contribution in [0.4, 0.5) is 11.5 Å². The monoisotopic (exact) mass is 240 g/mol. The number of aromatic amines is 1. The lowest BCUT2D eigenvalue weighted by molar-refractivity contribution is 0.881. The van der Waals surface area contributed by atoms with E-state index in [4.69, 9.17) is 17.3 Å². The lowest BCUT2D eigenvalue weighted by atomic mass is 10.3. The molecule has 2 rings (SSSR count). The number of aryl methyl sites for hydroxylation is 1. The smallest absolute Gasteiger partial charge is 0.224 e. The fraction of sp³-hybridized carbons (Fsp3) is 0.286. The van der Waals surface area contributed by atoms with E-state index in [-0.39, 0.29) is 5.28 Å². The van der Waals surface area contributed by atoms with Crippen LogP contribution in [-0.4, -0.2) is 30.6 Å². The van der Waals surface area contributed by atoms with Crippen molar-refractivity contribution in [1.82, 2.24) is 30.6 Å². The lowest BCUT2D eigenvalue weighted by Gasteiger charge is -2.08. The van der Waals surface area contributed by atoms with Gasteiger partial charge in [-0.15, -0.1) is 10.2 Å². The first-order valence-corrected chi connectivity index (χ1v) is 4.80. The van der Waals surface area contributed by atoms with Crippen LogP contribution in [0, 0.1) is 6.92 Å². The Morgan fingerprint density at radius 2 is 2.25 bits per heavy atom. The largest absolute Gasteiger partial charge is 0.394 e. The number of anilines is 2. The highest BCUT2D eigenvalue weighted by Crippen LogP contribution is 2.20. The molecule has 0 radical (unpaired) electrons. The van der Waals surface area contributed by atoms with Gasteiger partial charge in [-0.2, -0.15) is 10.2 Å². The quantitative estimate of drug-likeness (QED) is 0.653. The van der Waals surface area contributed by atoms with Gasteiger partial charge < -0.3 is 11.1 Å². The Bertz CT molecular complexity index is 481. The average Bonchev–Trinajstić information content (AvgIpc) is 2.74. The van der Waals surface area contributed by atoms with Gasteiger partial charge in [-0.3, -0.25) is 0 Å². The second-order valence-electron chi connectivity index (χ2n) is 3.02. The van der Waals surface area contributed by atoms with Gasteiger partial charge in [-0.25, -0.2) is 4.98 Å². The fourth-order valence-electron chi connectivity index (χ4n) is 1.10. The highest BCUT2D eigenvalue weighted by Gasteiger charge is 2.08. The summed E-state index contributed by atoms with van der Waals surface area (Å²) in [5.74, 6) is 0.967. The van der Waals surface area contributed by atoms with Crippen molar-refractivity contribution in [2.75, 3.05) is 11.1 Å². The average molecular weight is 241 g/mol. The minimum Gasteiger partial charge on any atom is -0.394 e. The van der Waals surface area contributed by atoms with E-state index in [1.54, 1.807) is 6.92 Å². The first kappa shape index (κ1) is 10.6. The van der Waals surface area contributed by atoms with Gasteiger partial charge in [0.2, 0.25) is 5.28 Å². The van der Waals surface area contributed by atoms with Crippen molar-refractivity contribution in [2.45, 2.75) is 13.5 Å². The topological polar surface area (TPSA) is 118 Å². The number of halogens is 1. The van der Waals surface area contributed by atoms with Gasteiger partial charge in [-0.1, -0.05) is 5.21 Å². The molecule has 84 valence electrons. The molecule has 0 saturated carbocycles. The minimum absolute atomic E-state index is 0.141. The van der Waals surface area contributed by atoms with Crippen molar-refractivity contribution < 1.29 is 0 Å². The van der Waals surface area contributed by atoms with Gasteiger partial charge >= 0.3 is 0 Å². The van der Waals surface area contributed by atoms with Crippen LogP contribution >= 0.6 is 11.6 Å². The predicted octanol–water partition coefficient (Wildman–Crippen LogP) is 0.146. The number of nitrogens with one attached hydrogen (secondary N) is 2. The molecule has 9 heteroatoms. The van der Waals surface area contributed by atoms with Crippen molar-refractivity contribution in [2.24, 2.45) is 0 Å². The third-order valence-corrected chi connectivity index (χ3v) is 2.08. The van der Waals surface area contributed by atoms with Gasteiger partial charge in [-0.05, 0) is 18.5 Å². The van der Waals surface area contributed by atoms with Crippen molar-refractivity contribution in [3.05, 3.63) is 16.8 Å². The molecule has 0 aliphatic rings. The maximum atomic E-state index is 5.78. The summed E-state index contributed by atoms with van der Waals surface area (Å²) in [5.41, 5.74) is 6.85. The number of nitrogen functional groups attached to an aromatic ring is 1. The summed E-state index contributed by atoms with van der Waals surface area (Å²) in [7, 11) is 0. The Hall–Kier alpha value is -1.96. The summed E-state index contributed by atoms with van der Waals surface area (Å²) in [6.45, 7) is 2.11. The van der Waals surface area contributed by atoms with E-state index in [0.29, 0.717) is 29.6 Å². The van der Waals surface area contributed by atoms with Gasteiger partial charge in [0.1, 0.15) is 0 Å². The van der Waals surface area contributed by atoms with Crippen LogP contribution in [-0.2, 0) is 6.54 Å². The number of nitrogens with two attached hydrogens (primary N) is 1. The van der Waals surface area contributed by atoms with Crippen LogP contribution in [0.25, 0.3) is 0 Å². The van der Waals surface area contributed by atoms with Gasteiger partial charge in [0.05, 0.1) is 17.9 Å². The zero-order valence-electron chi connectivity index (χ0n) is 8.40. The first-order valence-electron chi connectivity index (χ1n) is 4.42. The van der Waals surface area contributed by atoms with Gasteiger partial charge in [0.25, 0.3) is 0 Å². The molecule has 0 aliphatic heterocycles. The van der Waals surface area contributed by atoms with Crippen LogP contribution in [0.15, 0.2) is 0 Å². The predicted molar refractivity (Wildman–Crippen MR) is 57.7 cm³/mol. The Kier molecular flexibility index (Phi) is 2.82. The number of H-pyrrole nitrogens is 1. The molecular formula is C7H9ClN8. The molecule has 8 nitrogen and oxygen atoms in total. The number of aromatic nitrogens is 6. The molecule has 0 aliphatic carbocycles. The summed E-state index contributed by atoms with van der Waals surface area (Å²) < 4.78 is 0. The van der Waals surface area contributed by atoms with Crippen molar-refractivity contribution in [3.8, 4) is 0 Å². The van der Waals surface area contributed by atoms with Crippen LogP contribution in [0.1, 0.15) is 11.5 Å². The molecule has 0 spiro atoms. The molecular weight excluding hydrogens is 232 g/mol. The molecule has 0 unspecified atom stereocenters. The Labute approximate surface area is 95.6 Å². The molecule has 0 amide bonds. The van der Waals surface area contributed by atoms with Gasteiger partial charge in [0, 0.05) is 0 Å². The third-order valence-electron chi connectivity index (χ3n) is 1.91. The number of tetrazole rings is 1. The number of rotatable bonds is 3. The molecule has 2 aromatic rings. The lowest BCUT2D eigenvalue weighted by Crippen LogP contribution is -2.08. The highest BCUT2D eigenvalue weighted by atomic mass is 35.5. The van der Waals surface area contributed by atoms with E-state index in [1.807, 2.05) is 0 Å². The van der Waals surface area contributed by atoms with E-state index in [2.05, 4.69) is 35.9 Å². The highest BCUT2D eigenvalue weighted by molar-refractivity contribution is 6.28. The number of nitrogens with zero attached hydrogens (tertiary/aromatic N) is 5. The molecule has 0 saturated heterocycles.